The molecule has 3 aromatic heterocycles. The van der Waals surface area contributed by atoms with Gasteiger partial charge in [-0.3, -0.25) is 4.79 Å². The Balaban J connectivity index is 1.58. The third-order valence-corrected chi connectivity index (χ3v) is 4.90. The van der Waals surface area contributed by atoms with E-state index in [1.54, 1.807) is 24.4 Å². The highest BCUT2D eigenvalue weighted by molar-refractivity contribution is 7.13. The number of carbonyl (C=O) groups excluding carboxylic acids is 1. The summed E-state index contributed by atoms with van der Waals surface area (Å²) in [6.07, 6.45) is 4.94. The van der Waals surface area contributed by atoms with Crippen LogP contribution >= 0.6 is 11.3 Å². The van der Waals surface area contributed by atoms with Crippen molar-refractivity contribution >= 4 is 34.6 Å². The van der Waals surface area contributed by atoms with Gasteiger partial charge in [0.05, 0.1) is 19.0 Å². The maximum Gasteiger partial charge on any atom is 0.227 e. The highest BCUT2D eigenvalue weighted by Crippen LogP contribution is 2.30. The quantitative estimate of drug-likeness (QED) is 0.744. The van der Waals surface area contributed by atoms with Gasteiger partial charge >= 0.3 is 0 Å². The lowest BCUT2D eigenvalue weighted by Gasteiger charge is -2.16. The van der Waals surface area contributed by atoms with Crippen molar-refractivity contribution in [2.45, 2.75) is 12.8 Å². The summed E-state index contributed by atoms with van der Waals surface area (Å²) in [5.41, 5.74) is 1.58. The Morgan fingerprint density at radius 3 is 2.81 bits per heavy atom. The van der Waals surface area contributed by atoms with Crippen molar-refractivity contribution in [3.05, 3.63) is 42.0 Å². The van der Waals surface area contributed by atoms with E-state index in [2.05, 4.69) is 20.3 Å². The lowest BCUT2D eigenvalue weighted by Crippen LogP contribution is -2.23. The van der Waals surface area contributed by atoms with Crippen LogP contribution in [-0.4, -0.2) is 34.5 Å². The van der Waals surface area contributed by atoms with Gasteiger partial charge in [0.1, 0.15) is 16.5 Å². The number of rotatable bonds is 5. The first-order valence-electron chi connectivity index (χ1n) is 8.23. The summed E-state index contributed by atoms with van der Waals surface area (Å²) in [7, 11) is 1.60. The minimum atomic E-state index is 0.145. The van der Waals surface area contributed by atoms with Crippen LogP contribution in [0.1, 0.15) is 12.8 Å². The van der Waals surface area contributed by atoms with Gasteiger partial charge in [-0.25, -0.2) is 15.0 Å². The van der Waals surface area contributed by atoms with E-state index in [1.807, 2.05) is 29.6 Å². The minimum Gasteiger partial charge on any atom is -0.493 e. The molecule has 0 radical (unpaired) electrons. The summed E-state index contributed by atoms with van der Waals surface area (Å²) in [5.74, 6) is 1.96. The number of aromatic nitrogens is 3. The first-order valence-corrected chi connectivity index (χ1v) is 9.11. The van der Waals surface area contributed by atoms with Crippen molar-refractivity contribution in [2.24, 2.45) is 0 Å². The van der Waals surface area contributed by atoms with Crippen LogP contribution in [0, 0.1) is 0 Å². The monoisotopic (exact) mass is 367 g/mol. The maximum absolute atomic E-state index is 11.8. The molecule has 1 aliphatic rings. The zero-order valence-corrected chi connectivity index (χ0v) is 15.0. The molecule has 1 fully saturated rings. The molecule has 26 heavy (non-hydrogen) atoms. The molecular weight excluding hydrogens is 350 g/mol. The summed E-state index contributed by atoms with van der Waals surface area (Å²) in [6.45, 7) is 0.749. The topological polar surface area (TPSA) is 80.2 Å². The van der Waals surface area contributed by atoms with E-state index in [1.165, 1.54) is 11.3 Å². The summed E-state index contributed by atoms with van der Waals surface area (Å²) in [6, 6.07) is 7.44. The maximum atomic E-state index is 11.8. The molecule has 0 saturated carbocycles. The van der Waals surface area contributed by atoms with Crippen LogP contribution in [-0.2, 0) is 4.79 Å². The van der Waals surface area contributed by atoms with Gasteiger partial charge in [0.15, 0.2) is 11.6 Å². The third-order valence-electron chi connectivity index (χ3n) is 4.11. The molecule has 7 nitrogen and oxygen atoms in total. The van der Waals surface area contributed by atoms with Gasteiger partial charge in [0.2, 0.25) is 5.91 Å². The molecule has 8 heteroatoms. The average Bonchev–Trinajstić information content (AvgIpc) is 3.34. The van der Waals surface area contributed by atoms with E-state index in [0.29, 0.717) is 23.8 Å². The fourth-order valence-electron chi connectivity index (χ4n) is 2.83. The molecule has 1 aliphatic heterocycles. The fourth-order valence-corrected chi connectivity index (χ4v) is 3.44. The largest absolute Gasteiger partial charge is 0.493 e. The number of ether oxygens (including phenoxy) is 1. The Morgan fingerprint density at radius 2 is 2.15 bits per heavy atom. The molecule has 4 rings (SSSR count). The molecular formula is C18H17N5O2S. The first kappa shape index (κ1) is 16.5. The minimum absolute atomic E-state index is 0.145. The van der Waals surface area contributed by atoms with Gasteiger partial charge in [-0.2, -0.15) is 0 Å². The van der Waals surface area contributed by atoms with Crippen molar-refractivity contribution in [2.75, 3.05) is 23.9 Å². The molecule has 1 N–H and O–H groups in total. The summed E-state index contributed by atoms with van der Waals surface area (Å²) in [4.78, 5) is 26.9. The van der Waals surface area contributed by atoms with E-state index in [4.69, 9.17) is 4.74 Å². The number of amides is 1. The number of hydrogen-bond acceptors (Lipinski definition) is 7. The van der Waals surface area contributed by atoms with Gasteiger partial charge in [-0.05, 0) is 30.7 Å². The summed E-state index contributed by atoms with van der Waals surface area (Å²) < 4.78 is 5.39. The van der Waals surface area contributed by atoms with Crippen LogP contribution < -0.4 is 15.0 Å². The number of methoxy groups -OCH3 is 1. The molecule has 3 aromatic rings. The van der Waals surface area contributed by atoms with E-state index in [0.717, 1.165) is 29.4 Å². The lowest BCUT2D eigenvalue weighted by molar-refractivity contribution is -0.117. The molecule has 0 atom stereocenters. The van der Waals surface area contributed by atoms with Crippen molar-refractivity contribution in [3.63, 3.8) is 0 Å². The van der Waals surface area contributed by atoms with E-state index in [-0.39, 0.29) is 5.91 Å². The van der Waals surface area contributed by atoms with Gasteiger partial charge in [0, 0.05) is 24.5 Å². The third kappa shape index (κ3) is 3.23. The molecule has 1 amide bonds. The molecule has 1 saturated heterocycles. The van der Waals surface area contributed by atoms with Crippen LogP contribution in [0.25, 0.3) is 10.7 Å². The molecule has 4 heterocycles. The number of pyridine rings is 2. The van der Waals surface area contributed by atoms with Crippen LogP contribution in [0.15, 0.2) is 42.0 Å². The molecule has 0 unspecified atom stereocenters. The summed E-state index contributed by atoms with van der Waals surface area (Å²) >= 11 is 1.53. The lowest BCUT2D eigenvalue weighted by atomic mass is 10.3. The predicted octanol–water partition coefficient (Wildman–Crippen LogP) is 3.48. The standard InChI is InChI=1S/C18H17N5O2S/c1-25-14-6-5-13(18-19-8-10-26-18)21-17(14)22-15-7-4-12(11-20-15)23-9-2-3-16(23)24/h4-8,10-11H,2-3,9H2,1H3,(H,20,21,22). The predicted molar refractivity (Wildman–Crippen MR) is 101 cm³/mol. The second kappa shape index (κ2) is 7.09. The zero-order chi connectivity index (χ0) is 17.9. The second-order valence-corrected chi connectivity index (χ2v) is 6.65. The van der Waals surface area contributed by atoms with E-state index >= 15 is 0 Å². The van der Waals surface area contributed by atoms with E-state index in [9.17, 15) is 4.79 Å². The zero-order valence-electron chi connectivity index (χ0n) is 14.2. The Labute approximate surface area is 154 Å². The Kier molecular flexibility index (Phi) is 4.49. The number of thiazole rings is 1. The Bertz CT molecular complexity index is 912. The van der Waals surface area contributed by atoms with E-state index < -0.39 is 0 Å². The van der Waals surface area contributed by atoms with Crippen LogP contribution in [0.4, 0.5) is 17.3 Å². The number of hydrogen-bond donors (Lipinski definition) is 1. The normalized spacial score (nSPS) is 13.9. The number of carbonyl (C=O) groups is 1. The highest BCUT2D eigenvalue weighted by Gasteiger charge is 2.21. The van der Waals surface area contributed by atoms with Crippen molar-refractivity contribution in [3.8, 4) is 16.5 Å². The van der Waals surface area contributed by atoms with Crippen molar-refractivity contribution < 1.29 is 9.53 Å². The van der Waals surface area contributed by atoms with Crippen LogP contribution in [0.2, 0.25) is 0 Å². The molecule has 0 spiro atoms. The van der Waals surface area contributed by atoms with Gasteiger partial charge < -0.3 is 15.0 Å². The van der Waals surface area contributed by atoms with Crippen LogP contribution in [0.3, 0.4) is 0 Å². The summed E-state index contributed by atoms with van der Waals surface area (Å²) in [5, 5.41) is 5.93. The first-order chi connectivity index (χ1) is 12.7. The second-order valence-electron chi connectivity index (χ2n) is 5.76. The smallest absolute Gasteiger partial charge is 0.227 e. The Morgan fingerprint density at radius 1 is 1.23 bits per heavy atom. The van der Waals surface area contributed by atoms with Crippen molar-refractivity contribution in [1.29, 1.82) is 0 Å². The number of anilines is 3. The Hall–Kier alpha value is -3.00. The SMILES string of the molecule is COc1ccc(-c2nccs2)nc1Nc1ccc(N2CCCC2=O)cn1. The number of nitrogens with one attached hydrogen (secondary N) is 1. The van der Waals surface area contributed by atoms with Crippen LogP contribution in [0.5, 0.6) is 5.75 Å². The molecule has 0 bridgehead atoms. The molecule has 132 valence electrons. The van der Waals surface area contributed by atoms with Crippen molar-refractivity contribution in [1.82, 2.24) is 15.0 Å². The fraction of sp³-hybridized carbons (Fsp3) is 0.222. The van der Waals surface area contributed by atoms with Gasteiger partial charge in [-0.1, -0.05) is 0 Å². The van der Waals surface area contributed by atoms with Gasteiger partial charge in [0.25, 0.3) is 0 Å². The molecule has 0 aromatic carbocycles. The average molecular weight is 367 g/mol. The highest BCUT2D eigenvalue weighted by atomic mass is 32.1. The molecule has 0 aliphatic carbocycles. The van der Waals surface area contributed by atoms with Gasteiger partial charge in [-0.15, -0.1) is 11.3 Å². The number of nitrogens with zero attached hydrogens (tertiary/aromatic N) is 4.